The van der Waals surface area contributed by atoms with Crippen molar-refractivity contribution in [2.75, 3.05) is 13.1 Å². The van der Waals surface area contributed by atoms with E-state index in [-0.39, 0.29) is 11.8 Å². The predicted molar refractivity (Wildman–Crippen MR) is 86.1 cm³/mol. The van der Waals surface area contributed by atoms with Crippen molar-refractivity contribution in [2.24, 2.45) is 11.8 Å². The van der Waals surface area contributed by atoms with Gasteiger partial charge in [-0.3, -0.25) is 10.2 Å². The van der Waals surface area contributed by atoms with Crippen LogP contribution >= 0.6 is 0 Å². The molecule has 1 amide bonds. The summed E-state index contributed by atoms with van der Waals surface area (Å²) in [5.41, 5.74) is 3.37. The highest BCUT2D eigenvalue weighted by molar-refractivity contribution is 6.50. The lowest BCUT2D eigenvalue weighted by Crippen LogP contribution is -2.48. The molecule has 3 N–H and O–H groups in total. The molecule has 1 fully saturated rings. The fourth-order valence-electron chi connectivity index (χ4n) is 2.46. The number of carbonyl (C=O) groups excluding carboxylic acids is 1. The first-order chi connectivity index (χ1) is 10.3. The first-order valence-electron chi connectivity index (χ1n) is 7.27. The summed E-state index contributed by atoms with van der Waals surface area (Å²) >= 11 is 0. The van der Waals surface area contributed by atoms with E-state index in [1.54, 1.807) is 0 Å². The molecular formula is C16H21BN3O. The van der Waals surface area contributed by atoms with Gasteiger partial charge in [-0.05, 0) is 25.9 Å². The number of rotatable bonds is 3. The van der Waals surface area contributed by atoms with Crippen molar-refractivity contribution in [3.63, 3.8) is 0 Å². The molecule has 1 unspecified atom stereocenters. The van der Waals surface area contributed by atoms with Crippen LogP contribution < -0.4 is 16.7 Å². The normalized spacial score (nSPS) is 18.4. The molecule has 21 heavy (non-hydrogen) atoms. The first-order valence-corrected chi connectivity index (χ1v) is 7.27. The highest BCUT2D eigenvalue weighted by Crippen LogP contribution is 2.15. The van der Waals surface area contributed by atoms with Gasteiger partial charge in [-0.2, -0.15) is 0 Å². The van der Waals surface area contributed by atoms with Gasteiger partial charge in [0.2, 0.25) is 13.3 Å². The molecule has 1 aliphatic rings. The van der Waals surface area contributed by atoms with Gasteiger partial charge in [-0.15, -0.1) is 0 Å². The molecule has 1 radical (unpaired) electrons. The smallest absolute Gasteiger partial charge is 0.247 e. The number of nitrogens with one attached hydrogen (secondary N) is 1. The Bertz CT molecular complexity index is 498. The Morgan fingerprint density at radius 2 is 1.76 bits per heavy atom. The summed E-state index contributed by atoms with van der Waals surface area (Å²) in [6.07, 6.45) is 1.90. The third kappa shape index (κ3) is 5.21. The molecule has 0 aliphatic carbocycles. The fraction of sp³-hybridized carbons (Fsp3) is 0.312. The number of nitrogens with two attached hydrogens (primary N) is 1. The van der Waals surface area contributed by atoms with Gasteiger partial charge < -0.3 is 4.81 Å². The van der Waals surface area contributed by atoms with Crippen LogP contribution in [0.25, 0.3) is 0 Å². The molecule has 1 aromatic rings. The van der Waals surface area contributed by atoms with Crippen LogP contribution in [0.2, 0.25) is 0 Å². The summed E-state index contributed by atoms with van der Waals surface area (Å²) in [6.45, 7) is 1.69. The van der Waals surface area contributed by atoms with Crippen LogP contribution in [-0.2, 0) is 4.79 Å². The van der Waals surface area contributed by atoms with E-state index in [0.717, 1.165) is 24.8 Å². The van der Waals surface area contributed by atoms with Crippen molar-refractivity contribution in [3.05, 3.63) is 54.6 Å². The Hall–Kier alpha value is -1.85. The number of hydrogen-bond acceptors (Lipinski definition) is 3. The highest BCUT2D eigenvalue weighted by atomic mass is 16.2. The topological polar surface area (TPSA) is 58.4 Å². The quantitative estimate of drug-likeness (QED) is 0.372. The average Bonchev–Trinajstić information content (AvgIpc) is 2.53. The lowest BCUT2D eigenvalue weighted by atomic mass is 9.78. The summed E-state index contributed by atoms with van der Waals surface area (Å²) in [4.78, 5) is 13.8. The molecule has 2 rings (SSSR count). The Labute approximate surface area is 126 Å². The van der Waals surface area contributed by atoms with Crippen LogP contribution in [0, 0.1) is 5.92 Å². The Balaban J connectivity index is 2.05. The Morgan fingerprint density at radius 3 is 2.38 bits per heavy atom. The van der Waals surface area contributed by atoms with E-state index in [0.29, 0.717) is 6.54 Å². The van der Waals surface area contributed by atoms with Crippen molar-refractivity contribution in [2.45, 2.75) is 12.8 Å². The summed E-state index contributed by atoms with van der Waals surface area (Å²) < 4.78 is 0. The van der Waals surface area contributed by atoms with E-state index in [9.17, 15) is 4.79 Å². The molecule has 1 saturated heterocycles. The number of amides is 1. The second-order valence-electron chi connectivity index (χ2n) is 5.15. The zero-order valence-electron chi connectivity index (χ0n) is 12.1. The van der Waals surface area contributed by atoms with Gasteiger partial charge in [0.15, 0.2) is 0 Å². The average molecular weight is 282 g/mol. The van der Waals surface area contributed by atoms with Gasteiger partial charge in [0.1, 0.15) is 0 Å². The minimum atomic E-state index is -0.0726. The van der Waals surface area contributed by atoms with Crippen LogP contribution in [0.1, 0.15) is 12.8 Å². The maximum absolute atomic E-state index is 11.7. The summed E-state index contributed by atoms with van der Waals surface area (Å²) in [5.74, 6) is 5.13. The molecule has 1 atom stereocenters. The van der Waals surface area contributed by atoms with Gasteiger partial charge >= 0.3 is 0 Å². The Morgan fingerprint density at radius 1 is 1.14 bits per heavy atom. The summed E-state index contributed by atoms with van der Waals surface area (Å²) in [7, 11) is 2.11. The van der Waals surface area contributed by atoms with E-state index in [4.69, 9.17) is 5.84 Å². The van der Waals surface area contributed by atoms with Gasteiger partial charge in [-0.25, -0.2) is 5.84 Å². The van der Waals surface area contributed by atoms with E-state index in [2.05, 4.69) is 29.8 Å². The van der Waals surface area contributed by atoms with Crippen molar-refractivity contribution < 1.29 is 4.79 Å². The maximum Gasteiger partial charge on any atom is 0.247 e. The lowest BCUT2D eigenvalue weighted by molar-refractivity contribution is -0.126. The fourth-order valence-corrected chi connectivity index (χ4v) is 2.46. The predicted octanol–water partition coefficient (Wildman–Crippen LogP) is 0.757. The van der Waals surface area contributed by atoms with Crippen LogP contribution in [0.5, 0.6) is 0 Å². The van der Waals surface area contributed by atoms with E-state index in [1.807, 2.05) is 42.5 Å². The molecule has 0 bridgehead atoms. The third-order valence-electron chi connectivity index (χ3n) is 3.54. The molecule has 5 heteroatoms. The number of hydrogen-bond donors (Lipinski definition) is 2. The van der Waals surface area contributed by atoms with Crippen LogP contribution in [0.15, 0.2) is 54.6 Å². The van der Waals surface area contributed by atoms with Gasteiger partial charge in [0.25, 0.3) is 0 Å². The molecule has 109 valence electrons. The number of hydrazine groups is 1. The standard InChI is InChI=1S/C16H21BN3O/c18-19-16(21)14-9-8-12-20(13-14)17-15-10-6-4-2-1-3-5-7-11-15/h1-7,10-11,14H,8-9,12-13,18H2,(H,19,21). The number of piperidine rings is 1. The van der Waals surface area contributed by atoms with Crippen molar-refractivity contribution in [1.29, 1.82) is 0 Å². The van der Waals surface area contributed by atoms with Gasteiger partial charge in [-0.1, -0.05) is 60.1 Å². The maximum atomic E-state index is 11.7. The van der Waals surface area contributed by atoms with E-state index >= 15 is 0 Å². The summed E-state index contributed by atoms with van der Waals surface area (Å²) in [6, 6.07) is 18.1. The lowest BCUT2D eigenvalue weighted by Gasteiger charge is -2.31. The minimum Gasteiger partial charge on any atom is -0.342 e. The SMILES string of the molecule is NNC(=O)C1CCCN([B]c2ccccccccc2)C1. The number of nitrogens with zero attached hydrogens (tertiary/aromatic N) is 1. The zero-order valence-corrected chi connectivity index (χ0v) is 12.1. The minimum absolute atomic E-state index is 0.0255. The van der Waals surface area contributed by atoms with Crippen LogP contribution in [0.3, 0.4) is 0 Å². The Kier molecular flexibility index (Phi) is 6.25. The number of carbonyl (C=O) groups is 1. The molecule has 4 nitrogen and oxygen atoms in total. The molecule has 0 aromatic heterocycles. The summed E-state index contributed by atoms with van der Waals surface area (Å²) in [5, 5.41) is 0. The van der Waals surface area contributed by atoms with Crippen molar-refractivity contribution in [3.8, 4) is 0 Å². The molecule has 0 spiro atoms. The first kappa shape index (κ1) is 15.5. The van der Waals surface area contributed by atoms with Crippen LogP contribution in [0.4, 0.5) is 0 Å². The highest BCUT2D eigenvalue weighted by Gasteiger charge is 2.25. The van der Waals surface area contributed by atoms with Gasteiger partial charge in [0, 0.05) is 0 Å². The molecular weight excluding hydrogens is 261 g/mol. The third-order valence-corrected chi connectivity index (χ3v) is 3.54. The monoisotopic (exact) mass is 282 g/mol. The van der Waals surface area contributed by atoms with Gasteiger partial charge in [0.05, 0.1) is 5.92 Å². The van der Waals surface area contributed by atoms with Crippen LogP contribution in [-0.4, -0.2) is 31.2 Å². The van der Waals surface area contributed by atoms with E-state index in [1.165, 1.54) is 0 Å². The second-order valence-corrected chi connectivity index (χ2v) is 5.15. The molecule has 1 aliphatic heterocycles. The van der Waals surface area contributed by atoms with Crippen molar-refractivity contribution >= 4 is 18.8 Å². The molecule has 0 saturated carbocycles. The zero-order chi connectivity index (χ0) is 14.9. The molecule has 1 aromatic carbocycles. The van der Waals surface area contributed by atoms with E-state index < -0.39 is 0 Å². The second kappa shape index (κ2) is 8.44. The molecule has 1 heterocycles. The van der Waals surface area contributed by atoms with Crippen molar-refractivity contribution in [1.82, 2.24) is 10.2 Å². The largest absolute Gasteiger partial charge is 0.342 e.